The molecule has 0 radical (unpaired) electrons. The van der Waals surface area contributed by atoms with E-state index in [1.807, 2.05) is 6.92 Å². The van der Waals surface area contributed by atoms with Gasteiger partial charge >= 0.3 is 0 Å². The zero-order valence-corrected chi connectivity index (χ0v) is 10.4. The Morgan fingerprint density at radius 2 is 1.62 bits per heavy atom. The number of aliphatic hydroxyl groups is 1. The molecule has 4 aliphatic rings. The molecule has 1 atom stereocenters. The van der Waals surface area contributed by atoms with E-state index in [0.717, 1.165) is 42.7 Å². The first-order valence-electron chi connectivity index (χ1n) is 7.14. The summed E-state index contributed by atoms with van der Waals surface area (Å²) in [5.41, 5.74) is 0. The van der Waals surface area contributed by atoms with Gasteiger partial charge in [-0.2, -0.15) is 0 Å². The van der Waals surface area contributed by atoms with Crippen LogP contribution >= 0.6 is 0 Å². The molecule has 0 aromatic carbocycles. The van der Waals surface area contributed by atoms with E-state index < -0.39 is 0 Å². The van der Waals surface area contributed by atoms with Gasteiger partial charge in [0.05, 0.1) is 6.10 Å². The summed E-state index contributed by atoms with van der Waals surface area (Å²) >= 11 is 0. The maximum atomic E-state index is 9.29. The van der Waals surface area contributed by atoms with Crippen LogP contribution in [0.1, 0.15) is 45.4 Å². The molecular weight excluding hydrogens is 198 g/mol. The lowest BCUT2D eigenvalue weighted by atomic mass is 9.54. The molecule has 4 fully saturated rings. The van der Waals surface area contributed by atoms with Crippen LogP contribution in [0.3, 0.4) is 0 Å². The molecule has 92 valence electrons. The molecule has 4 rings (SSSR count). The third-order valence-corrected chi connectivity index (χ3v) is 5.17. The van der Waals surface area contributed by atoms with Crippen molar-refractivity contribution in [2.24, 2.45) is 23.7 Å². The Balaban J connectivity index is 1.55. The molecule has 0 heterocycles. The smallest absolute Gasteiger partial charge is 0.0524 e. The first-order valence-corrected chi connectivity index (χ1v) is 7.14. The third kappa shape index (κ3) is 2.02. The molecule has 0 aromatic heterocycles. The van der Waals surface area contributed by atoms with Crippen molar-refractivity contribution in [3.8, 4) is 0 Å². The Labute approximate surface area is 98.8 Å². The van der Waals surface area contributed by atoms with E-state index in [1.165, 1.54) is 32.1 Å². The van der Waals surface area contributed by atoms with Gasteiger partial charge in [0.25, 0.3) is 0 Å². The van der Waals surface area contributed by atoms with Gasteiger partial charge in [-0.3, -0.25) is 0 Å². The summed E-state index contributed by atoms with van der Waals surface area (Å²) in [7, 11) is 0. The maximum Gasteiger partial charge on any atom is 0.0524 e. The van der Waals surface area contributed by atoms with Crippen molar-refractivity contribution < 1.29 is 5.11 Å². The van der Waals surface area contributed by atoms with E-state index >= 15 is 0 Å². The highest BCUT2D eigenvalue weighted by atomic mass is 16.3. The van der Waals surface area contributed by atoms with Crippen molar-refractivity contribution in [1.82, 2.24) is 5.32 Å². The topological polar surface area (TPSA) is 32.3 Å². The van der Waals surface area contributed by atoms with Crippen LogP contribution in [0.15, 0.2) is 0 Å². The molecule has 0 amide bonds. The van der Waals surface area contributed by atoms with Crippen LogP contribution in [0, 0.1) is 23.7 Å². The molecule has 1 unspecified atom stereocenters. The van der Waals surface area contributed by atoms with Crippen LogP contribution in [-0.2, 0) is 0 Å². The van der Waals surface area contributed by atoms with Gasteiger partial charge < -0.3 is 10.4 Å². The van der Waals surface area contributed by atoms with Crippen molar-refractivity contribution in [3.05, 3.63) is 0 Å². The number of hydrogen-bond donors (Lipinski definition) is 2. The highest BCUT2D eigenvalue weighted by molar-refractivity contribution is 5.01. The minimum atomic E-state index is -0.149. The Morgan fingerprint density at radius 1 is 1.06 bits per heavy atom. The second-order valence-electron chi connectivity index (χ2n) is 6.55. The van der Waals surface area contributed by atoms with Crippen molar-refractivity contribution in [1.29, 1.82) is 0 Å². The van der Waals surface area contributed by atoms with Crippen molar-refractivity contribution in [3.63, 3.8) is 0 Å². The molecule has 0 spiro atoms. The predicted octanol–water partition coefficient (Wildman–Crippen LogP) is 2.17. The van der Waals surface area contributed by atoms with E-state index in [-0.39, 0.29) is 6.10 Å². The average Bonchev–Trinajstić information content (AvgIpc) is 2.20. The second kappa shape index (κ2) is 4.30. The van der Waals surface area contributed by atoms with Crippen molar-refractivity contribution in [2.75, 3.05) is 6.54 Å². The van der Waals surface area contributed by atoms with Gasteiger partial charge in [-0.05, 0) is 75.7 Å². The monoisotopic (exact) mass is 223 g/mol. The molecule has 4 aliphatic carbocycles. The van der Waals surface area contributed by atoms with E-state index in [2.05, 4.69) is 5.32 Å². The summed E-state index contributed by atoms with van der Waals surface area (Å²) in [4.78, 5) is 0. The highest BCUT2D eigenvalue weighted by Gasteiger charge is 2.47. The molecule has 2 N–H and O–H groups in total. The van der Waals surface area contributed by atoms with Gasteiger partial charge in [0.1, 0.15) is 0 Å². The third-order valence-electron chi connectivity index (χ3n) is 5.17. The molecule has 16 heavy (non-hydrogen) atoms. The molecule has 2 nitrogen and oxygen atoms in total. The normalized spacial score (nSPS) is 47.2. The lowest BCUT2D eigenvalue weighted by molar-refractivity contribution is -0.0144. The van der Waals surface area contributed by atoms with Gasteiger partial charge in [0, 0.05) is 6.04 Å². The molecule has 0 aliphatic heterocycles. The van der Waals surface area contributed by atoms with Crippen LogP contribution in [0.25, 0.3) is 0 Å². The van der Waals surface area contributed by atoms with Gasteiger partial charge in [0.2, 0.25) is 0 Å². The van der Waals surface area contributed by atoms with Crippen LogP contribution in [0.2, 0.25) is 0 Å². The zero-order chi connectivity index (χ0) is 11.1. The van der Waals surface area contributed by atoms with Crippen LogP contribution in [0.5, 0.6) is 0 Å². The standard InChI is InChI=1S/C14H25NO/c1-9(16)2-3-15-14-12-5-10-4-11(7-12)8-13(14)6-10/h9-16H,2-8H2,1H3. The number of rotatable bonds is 4. The first kappa shape index (κ1) is 11.0. The number of nitrogens with one attached hydrogen (secondary N) is 1. The fraction of sp³-hybridized carbons (Fsp3) is 1.00. The summed E-state index contributed by atoms with van der Waals surface area (Å²) in [5.74, 6) is 4.06. The average molecular weight is 223 g/mol. The fourth-order valence-corrected chi connectivity index (χ4v) is 4.72. The molecule has 0 saturated heterocycles. The van der Waals surface area contributed by atoms with Gasteiger partial charge in [-0.1, -0.05) is 0 Å². The van der Waals surface area contributed by atoms with E-state index in [9.17, 15) is 5.11 Å². The number of hydrogen-bond acceptors (Lipinski definition) is 2. The largest absolute Gasteiger partial charge is 0.393 e. The van der Waals surface area contributed by atoms with Gasteiger partial charge in [-0.25, -0.2) is 0 Å². The summed E-state index contributed by atoms with van der Waals surface area (Å²) in [6.07, 6.45) is 8.23. The fourth-order valence-electron chi connectivity index (χ4n) is 4.72. The van der Waals surface area contributed by atoms with E-state index in [4.69, 9.17) is 0 Å². The maximum absolute atomic E-state index is 9.29. The van der Waals surface area contributed by atoms with Crippen LogP contribution in [0.4, 0.5) is 0 Å². The first-order chi connectivity index (χ1) is 7.72. The molecule has 4 bridgehead atoms. The quantitative estimate of drug-likeness (QED) is 0.765. The zero-order valence-electron chi connectivity index (χ0n) is 10.4. The van der Waals surface area contributed by atoms with Crippen LogP contribution < -0.4 is 5.32 Å². The number of aliphatic hydroxyl groups excluding tert-OH is 1. The lowest BCUT2D eigenvalue weighted by Crippen LogP contribution is -2.54. The summed E-state index contributed by atoms with van der Waals surface area (Å²) in [5, 5.41) is 13.0. The van der Waals surface area contributed by atoms with E-state index in [0.29, 0.717) is 0 Å². The Hall–Kier alpha value is -0.0800. The Kier molecular flexibility index (Phi) is 2.97. The summed E-state index contributed by atoms with van der Waals surface area (Å²) in [6, 6.07) is 0.784. The molecule has 2 heteroatoms. The molecular formula is C14H25NO. The summed E-state index contributed by atoms with van der Waals surface area (Å²) < 4.78 is 0. The van der Waals surface area contributed by atoms with Crippen molar-refractivity contribution in [2.45, 2.75) is 57.6 Å². The second-order valence-corrected chi connectivity index (χ2v) is 6.55. The lowest BCUT2D eigenvalue weighted by Gasteiger charge is -2.54. The van der Waals surface area contributed by atoms with Gasteiger partial charge in [-0.15, -0.1) is 0 Å². The Bertz CT molecular complexity index is 223. The van der Waals surface area contributed by atoms with E-state index in [1.54, 1.807) is 0 Å². The van der Waals surface area contributed by atoms with Crippen molar-refractivity contribution >= 4 is 0 Å². The predicted molar refractivity (Wildman–Crippen MR) is 65.1 cm³/mol. The summed E-state index contributed by atoms with van der Waals surface area (Å²) in [6.45, 7) is 2.89. The molecule has 0 aromatic rings. The minimum absolute atomic E-state index is 0.149. The SMILES string of the molecule is CC(O)CCNC1C2CC3CC(C2)CC1C3. The Morgan fingerprint density at radius 3 is 2.12 bits per heavy atom. The highest BCUT2D eigenvalue weighted by Crippen LogP contribution is 2.53. The van der Waals surface area contributed by atoms with Crippen LogP contribution in [-0.4, -0.2) is 23.8 Å². The minimum Gasteiger partial charge on any atom is -0.393 e. The van der Waals surface area contributed by atoms with Gasteiger partial charge in [0.15, 0.2) is 0 Å². The molecule has 4 saturated carbocycles.